The van der Waals surface area contributed by atoms with Gasteiger partial charge in [0.1, 0.15) is 11.4 Å². The largest absolute Gasteiger partial charge is 0.495 e. The van der Waals surface area contributed by atoms with Crippen LogP contribution in [0.3, 0.4) is 0 Å². The van der Waals surface area contributed by atoms with Crippen molar-refractivity contribution in [3.05, 3.63) is 52.6 Å². The van der Waals surface area contributed by atoms with E-state index in [1.54, 1.807) is 30.0 Å². The van der Waals surface area contributed by atoms with E-state index in [1.165, 1.54) is 25.3 Å². The summed E-state index contributed by atoms with van der Waals surface area (Å²) < 4.78 is 32.9. The van der Waals surface area contributed by atoms with Gasteiger partial charge in [0.15, 0.2) is 0 Å². The van der Waals surface area contributed by atoms with Crippen molar-refractivity contribution in [2.45, 2.75) is 11.3 Å². The van der Waals surface area contributed by atoms with Crippen LogP contribution in [0.5, 0.6) is 5.75 Å². The second kappa shape index (κ2) is 8.48. The number of hydrazone groups is 1. The lowest BCUT2D eigenvalue weighted by molar-refractivity contribution is -0.384. The summed E-state index contributed by atoms with van der Waals surface area (Å²) in [7, 11) is -2.63. The van der Waals surface area contributed by atoms with Gasteiger partial charge in [0.2, 0.25) is 0 Å². The molecule has 0 aliphatic carbocycles. The summed E-state index contributed by atoms with van der Waals surface area (Å²) in [5.74, 6) is 2.08. The normalized spacial score (nSPS) is 15.4. The molecule has 1 fully saturated rings. The summed E-state index contributed by atoms with van der Waals surface area (Å²) in [6.07, 6.45) is 0.820. The van der Waals surface area contributed by atoms with E-state index < -0.39 is 14.9 Å². The molecular weight excluding hydrogens is 404 g/mol. The fraction of sp³-hybridized carbons (Fsp3) is 0.235. The number of nitrogens with zero attached hydrogens (tertiary/aromatic N) is 2. The third-order valence-electron chi connectivity index (χ3n) is 3.97. The van der Waals surface area contributed by atoms with E-state index >= 15 is 0 Å². The van der Waals surface area contributed by atoms with Crippen molar-refractivity contribution in [1.29, 1.82) is 0 Å². The predicted molar refractivity (Wildman–Crippen MR) is 110 cm³/mol. The van der Waals surface area contributed by atoms with Crippen molar-refractivity contribution in [2.75, 3.05) is 28.8 Å². The highest BCUT2D eigenvalue weighted by molar-refractivity contribution is 8.00. The minimum atomic E-state index is -4.05. The topological polar surface area (TPSA) is 123 Å². The fourth-order valence-electron chi connectivity index (χ4n) is 2.54. The van der Waals surface area contributed by atoms with Crippen LogP contribution in [0.1, 0.15) is 6.42 Å². The molecule has 1 aliphatic heterocycles. The molecule has 0 atom stereocenters. The molecule has 0 bridgehead atoms. The van der Waals surface area contributed by atoms with E-state index in [2.05, 4.69) is 15.2 Å². The number of sulfonamides is 1. The number of nitro groups is 1. The van der Waals surface area contributed by atoms with Crippen LogP contribution in [0.4, 0.5) is 17.1 Å². The molecular formula is C17H18N4O5S2. The second-order valence-electron chi connectivity index (χ2n) is 5.83. The van der Waals surface area contributed by atoms with E-state index in [9.17, 15) is 18.5 Å². The highest BCUT2D eigenvalue weighted by Gasteiger charge is 2.22. The Labute approximate surface area is 166 Å². The summed E-state index contributed by atoms with van der Waals surface area (Å²) in [5.41, 5.74) is 3.58. The second-order valence-corrected chi connectivity index (χ2v) is 8.62. The summed E-state index contributed by atoms with van der Waals surface area (Å²) in [6.45, 7) is 0. The van der Waals surface area contributed by atoms with Crippen LogP contribution in [0.15, 0.2) is 52.5 Å². The average Bonchev–Trinajstić information content (AvgIpc) is 3.20. The van der Waals surface area contributed by atoms with Gasteiger partial charge in [-0.25, -0.2) is 8.42 Å². The molecule has 0 spiro atoms. The Morgan fingerprint density at radius 1 is 1.21 bits per heavy atom. The fourth-order valence-corrected chi connectivity index (χ4v) is 4.60. The number of benzene rings is 2. The smallest absolute Gasteiger partial charge is 0.295 e. The molecule has 9 nitrogen and oxygen atoms in total. The molecule has 2 N–H and O–H groups in total. The Balaban J connectivity index is 1.89. The molecule has 0 unspecified atom stereocenters. The third-order valence-corrected chi connectivity index (χ3v) is 6.36. The molecule has 0 aromatic heterocycles. The number of nitrogens with one attached hydrogen (secondary N) is 2. The molecule has 28 heavy (non-hydrogen) atoms. The van der Waals surface area contributed by atoms with Crippen LogP contribution >= 0.6 is 11.8 Å². The molecule has 1 heterocycles. The van der Waals surface area contributed by atoms with Gasteiger partial charge in [-0.1, -0.05) is 12.1 Å². The highest BCUT2D eigenvalue weighted by Crippen LogP contribution is 2.31. The first-order valence-corrected chi connectivity index (χ1v) is 10.9. The number of hydrogen-bond donors (Lipinski definition) is 2. The highest BCUT2D eigenvalue weighted by atomic mass is 32.2. The van der Waals surface area contributed by atoms with Gasteiger partial charge in [-0.2, -0.15) is 16.9 Å². The lowest BCUT2D eigenvalue weighted by atomic mass is 10.3. The molecule has 0 radical (unpaired) electrons. The van der Waals surface area contributed by atoms with Gasteiger partial charge >= 0.3 is 0 Å². The number of methoxy groups -OCH3 is 1. The Bertz CT molecular complexity index is 1020. The number of nitro benzene ring substituents is 1. The van der Waals surface area contributed by atoms with E-state index in [4.69, 9.17) is 4.74 Å². The first kappa shape index (κ1) is 20.0. The predicted octanol–water partition coefficient (Wildman–Crippen LogP) is 3.31. The Morgan fingerprint density at radius 2 is 2.00 bits per heavy atom. The van der Waals surface area contributed by atoms with E-state index in [-0.39, 0.29) is 22.0 Å². The van der Waals surface area contributed by atoms with Crippen LogP contribution in [-0.2, 0) is 10.0 Å². The molecule has 11 heteroatoms. The van der Waals surface area contributed by atoms with Crippen LogP contribution in [0, 0.1) is 10.1 Å². The van der Waals surface area contributed by atoms with E-state index in [0.29, 0.717) is 5.75 Å². The number of ether oxygens (including phenoxy) is 1. The first-order chi connectivity index (χ1) is 13.4. The molecule has 2 aromatic carbocycles. The minimum absolute atomic E-state index is 0.130. The minimum Gasteiger partial charge on any atom is -0.495 e. The molecule has 2 aromatic rings. The molecule has 3 rings (SSSR count). The quantitative estimate of drug-likeness (QED) is 0.518. The zero-order valence-electron chi connectivity index (χ0n) is 14.9. The van der Waals surface area contributed by atoms with Crippen molar-refractivity contribution in [3.63, 3.8) is 0 Å². The SMILES string of the molecule is COc1ccccc1NS(=O)(=O)c1ccc(N/N=C2/CCSC2)c([N+](=O)[O-])c1. The van der Waals surface area contributed by atoms with Gasteiger partial charge in [-0.05, 0) is 36.4 Å². The molecule has 1 aliphatic rings. The third kappa shape index (κ3) is 4.54. The van der Waals surface area contributed by atoms with Gasteiger partial charge in [-0.15, -0.1) is 0 Å². The van der Waals surface area contributed by atoms with Crippen LogP contribution in [0.2, 0.25) is 0 Å². The van der Waals surface area contributed by atoms with E-state index in [0.717, 1.165) is 29.7 Å². The van der Waals surface area contributed by atoms with Crippen molar-refractivity contribution >= 4 is 44.6 Å². The summed E-state index contributed by atoms with van der Waals surface area (Å²) >= 11 is 1.74. The number of anilines is 2. The van der Waals surface area contributed by atoms with Crippen LogP contribution in [0.25, 0.3) is 0 Å². The van der Waals surface area contributed by atoms with Crippen LogP contribution < -0.4 is 14.9 Å². The zero-order valence-corrected chi connectivity index (χ0v) is 16.5. The Hall–Kier alpha value is -2.79. The maximum atomic E-state index is 12.7. The lowest BCUT2D eigenvalue weighted by Gasteiger charge is -2.12. The van der Waals surface area contributed by atoms with Crippen LogP contribution in [-0.4, -0.2) is 37.7 Å². The van der Waals surface area contributed by atoms with Gasteiger partial charge in [0.05, 0.1) is 22.6 Å². The van der Waals surface area contributed by atoms with Gasteiger partial charge in [0, 0.05) is 17.5 Å². The maximum Gasteiger partial charge on any atom is 0.295 e. The zero-order chi connectivity index (χ0) is 20.1. The van der Waals surface area contributed by atoms with Crippen molar-refractivity contribution < 1.29 is 18.1 Å². The van der Waals surface area contributed by atoms with Crippen molar-refractivity contribution in [2.24, 2.45) is 5.10 Å². The maximum absolute atomic E-state index is 12.7. The number of hydrogen-bond acceptors (Lipinski definition) is 8. The summed E-state index contributed by atoms with van der Waals surface area (Å²) in [4.78, 5) is 10.6. The first-order valence-electron chi connectivity index (χ1n) is 8.24. The lowest BCUT2D eigenvalue weighted by Crippen LogP contribution is -2.14. The monoisotopic (exact) mass is 422 g/mol. The molecule has 1 saturated heterocycles. The van der Waals surface area contributed by atoms with Gasteiger partial charge < -0.3 is 4.74 Å². The Kier molecular flexibility index (Phi) is 6.05. The van der Waals surface area contributed by atoms with Gasteiger partial charge in [0.25, 0.3) is 15.7 Å². The van der Waals surface area contributed by atoms with Crippen molar-refractivity contribution in [1.82, 2.24) is 0 Å². The van der Waals surface area contributed by atoms with Gasteiger partial charge in [-0.3, -0.25) is 20.3 Å². The number of thioether (sulfide) groups is 1. The average molecular weight is 422 g/mol. The standard InChI is InChI=1S/C17H18N4O5S2/c1-26-17-5-3-2-4-15(17)20-28(24,25)13-6-7-14(16(10-13)21(22)23)19-18-12-8-9-27-11-12/h2-7,10,19-20H,8-9,11H2,1H3/b18-12-. The molecule has 0 saturated carbocycles. The summed E-state index contributed by atoms with van der Waals surface area (Å²) in [5, 5.41) is 15.6. The molecule has 0 amide bonds. The van der Waals surface area contributed by atoms with E-state index in [1.807, 2.05) is 0 Å². The van der Waals surface area contributed by atoms with Crippen molar-refractivity contribution in [3.8, 4) is 5.75 Å². The number of rotatable bonds is 7. The number of para-hydroxylation sites is 2. The summed E-state index contributed by atoms with van der Waals surface area (Å²) in [6, 6.07) is 10.1. The Morgan fingerprint density at radius 3 is 2.68 bits per heavy atom. The molecule has 148 valence electrons.